The molecule has 3 nitrogen and oxygen atoms in total. The summed E-state index contributed by atoms with van der Waals surface area (Å²) in [5.74, 6) is 0.793. The van der Waals surface area contributed by atoms with Crippen molar-refractivity contribution in [2.24, 2.45) is 5.41 Å². The molecule has 1 aromatic rings. The summed E-state index contributed by atoms with van der Waals surface area (Å²) in [4.78, 5) is 7.02. The quantitative estimate of drug-likeness (QED) is 0.706. The summed E-state index contributed by atoms with van der Waals surface area (Å²) in [7, 11) is 0. The number of hydrogen-bond donors (Lipinski definition) is 2. The second-order valence-corrected chi connectivity index (χ2v) is 3.96. The number of H-pyrrole nitrogens is 1. The van der Waals surface area contributed by atoms with Gasteiger partial charge in [0.25, 0.3) is 0 Å². The fourth-order valence-electron chi connectivity index (χ4n) is 0.947. The molecule has 0 fully saturated rings. The normalized spacial score (nSPS) is 12.2. The maximum absolute atomic E-state index is 7.87. The molecule has 0 unspecified atom stereocenters. The van der Waals surface area contributed by atoms with Crippen LogP contribution in [0.4, 0.5) is 0 Å². The molecule has 0 aliphatic heterocycles. The Morgan fingerprint density at radius 2 is 2.36 bits per heavy atom. The molecule has 0 saturated heterocycles. The van der Waals surface area contributed by atoms with Crippen molar-refractivity contribution in [2.75, 3.05) is 0 Å². The van der Waals surface area contributed by atoms with E-state index < -0.39 is 0 Å². The van der Waals surface area contributed by atoms with Gasteiger partial charge in [-0.25, -0.2) is 4.98 Å². The Balaban J connectivity index is 2.66. The average molecular weight is 191 g/mol. The van der Waals surface area contributed by atoms with E-state index in [1.807, 2.05) is 12.2 Å². The van der Waals surface area contributed by atoms with Gasteiger partial charge in [-0.05, 0) is 18.6 Å². The summed E-state index contributed by atoms with van der Waals surface area (Å²) in [6.45, 7) is 6.24. The Morgan fingerprint density at radius 3 is 2.86 bits per heavy atom. The molecular weight excluding hydrogens is 174 g/mol. The first kappa shape index (κ1) is 10.7. The Hall–Kier alpha value is -1.38. The van der Waals surface area contributed by atoms with Crippen LogP contribution in [-0.4, -0.2) is 15.7 Å². The van der Waals surface area contributed by atoms with Crippen molar-refractivity contribution >= 4 is 11.8 Å². The average Bonchev–Trinajstić information content (AvgIpc) is 2.66. The highest BCUT2D eigenvalue weighted by Gasteiger charge is 2.18. The van der Waals surface area contributed by atoms with E-state index in [1.54, 1.807) is 12.4 Å². The summed E-state index contributed by atoms with van der Waals surface area (Å²) in [6.07, 6.45) is 8.08. The predicted octanol–water partition coefficient (Wildman–Crippen LogP) is 2.88. The Kier molecular flexibility index (Phi) is 3.23. The largest absolute Gasteiger partial charge is 0.345 e. The van der Waals surface area contributed by atoms with Gasteiger partial charge in [0, 0.05) is 23.5 Å². The first-order valence-corrected chi connectivity index (χ1v) is 4.83. The minimum absolute atomic E-state index is 0.0525. The van der Waals surface area contributed by atoms with Gasteiger partial charge in [0.2, 0.25) is 0 Å². The summed E-state index contributed by atoms with van der Waals surface area (Å²) in [5, 5.41) is 7.87. The van der Waals surface area contributed by atoms with Crippen LogP contribution in [0.3, 0.4) is 0 Å². The van der Waals surface area contributed by atoms with E-state index in [9.17, 15) is 0 Å². The summed E-state index contributed by atoms with van der Waals surface area (Å²) < 4.78 is 0. The molecular formula is C11H17N3. The number of rotatable bonds is 4. The Labute approximate surface area is 84.8 Å². The van der Waals surface area contributed by atoms with Crippen LogP contribution in [0.5, 0.6) is 0 Å². The SMILES string of the molecule is CCC(C)(C)C(=N)/C=C\c1ncc[nH]1. The maximum Gasteiger partial charge on any atom is 0.129 e. The zero-order valence-corrected chi connectivity index (χ0v) is 8.96. The van der Waals surface area contributed by atoms with Crippen LogP contribution in [0, 0.1) is 10.8 Å². The number of imidazole rings is 1. The topological polar surface area (TPSA) is 52.5 Å². The maximum atomic E-state index is 7.87. The fraction of sp³-hybridized carbons (Fsp3) is 0.455. The lowest BCUT2D eigenvalue weighted by molar-refractivity contribution is 0.503. The number of hydrogen-bond acceptors (Lipinski definition) is 2. The number of allylic oxidation sites excluding steroid dienone is 1. The van der Waals surface area contributed by atoms with Gasteiger partial charge in [-0.2, -0.15) is 0 Å². The minimum Gasteiger partial charge on any atom is -0.345 e. The van der Waals surface area contributed by atoms with Crippen LogP contribution in [0.2, 0.25) is 0 Å². The first-order chi connectivity index (χ1) is 6.56. The number of nitrogens with one attached hydrogen (secondary N) is 2. The van der Waals surface area contributed by atoms with Gasteiger partial charge in [0.05, 0.1) is 0 Å². The van der Waals surface area contributed by atoms with E-state index >= 15 is 0 Å². The zero-order valence-electron chi connectivity index (χ0n) is 8.96. The highest BCUT2D eigenvalue weighted by atomic mass is 14.9. The van der Waals surface area contributed by atoms with Crippen molar-refractivity contribution in [1.82, 2.24) is 9.97 Å². The van der Waals surface area contributed by atoms with Crippen LogP contribution >= 0.6 is 0 Å². The molecule has 1 aromatic heterocycles. The van der Waals surface area contributed by atoms with E-state index in [4.69, 9.17) is 5.41 Å². The highest BCUT2D eigenvalue weighted by molar-refractivity contribution is 5.99. The molecule has 0 saturated carbocycles. The van der Waals surface area contributed by atoms with E-state index in [0.717, 1.165) is 12.2 Å². The third-order valence-electron chi connectivity index (χ3n) is 2.54. The van der Waals surface area contributed by atoms with Gasteiger partial charge in [-0.1, -0.05) is 20.8 Å². The van der Waals surface area contributed by atoms with E-state index in [-0.39, 0.29) is 5.41 Å². The fourth-order valence-corrected chi connectivity index (χ4v) is 0.947. The molecule has 0 aliphatic rings. The Morgan fingerprint density at radius 1 is 1.64 bits per heavy atom. The second kappa shape index (κ2) is 4.22. The molecule has 2 N–H and O–H groups in total. The second-order valence-electron chi connectivity index (χ2n) is 3.96. The lowest BCUT2D eigenvalue weighted by atomic mass is 9.84. The molecule has 1 rings (SSSR count). The smallest absolute Gasteiger partial charge is 0.129 e. The lowest BCUT2D eigenvalue weighted by Gasteiger charge is -2.21. The minimum atomic E-state index is -0.0525. The summed E-state index contributed by atoms with van der Waals surface area (Å²) in [5.41, 5.74) is 0.583. The molecule has 0 aromatic carbocycles. The van der Waals surface area contributed by atoms with Crippen molar-refractivity contribution in [2.45, 2.75) is 27.2 Å². The summed E-state index contributed by atoms with van der Waals surface area (Å²) in [6, 6.07) is 0. The number of nitrogens with zero attached hydrogens (tertiary/aromatic N) is 1. The van der Waals surface area contributed by atoms with Crippen molar-refractivity contribution < 1.29 is 0 Å². The highest BCUT2D eigenvalue weighted by Crippen LogP contribution is 2.21. The predicted molar refractivity (Wildman–Crippen MR) is 59.4 cm³/mol. The van der Waals surface area contributed by atoms with Crippen LogP contribution in [0.1, 0.15) is 33.0 Å². The van der Waals surface area contributed by atoms with Gasteiger partial charge in [-0.15, -0.1) is 0 Å². The van der Waals surface area contributed by atoms with Crippen molar-refractivity contribution in [1.29, 1.82) is 5.41 Å². The van der Waals surface area contributed by atoms with Gasteiger partial charge < -0.3 is 10.4 Å². The molecule has 0 aliphatic carbocycles. The third kappa shape index (κ3) is 2.55. The third-order valence-corrected chi connectivity index (χ3v) is 2.54. The standard InChI is InChI=1S/C11H17N3/c1-4-11(2,3)9(12)5-6-10-13-7-8-14-10/h5-8,12H,4H2,1-3H3,(H,13,14)/b6-5-,12-9?. The Bertz CT molecular complexity index is 320. The van der Waals surface area contributed by atoms with Crippen LogP contribution < -0.4 is 0 Å². The number of aromatic amines is 1. The van der Waals surface area contributed by atoms with Crippen LogP contribution in [-0.2, 0) is 0 Å². The molecule has 76 valence electrons. The molecule has 0 bridgehead atoms. The van der Waals surface area contributed by atoms with E-state index in [0.29, 0.717) is 5.71 Å². The van der Waals surface area contributed by atoms with Crippen LogP contribution in [0.15, 0.2) is 18.5 Å². The van der Waals surface area contributed by atoms with Crippen molar-refractivity contribution in [3.05, 3.63) is 24.3 Å². The zero-order chi connectivity index (χ0) is 10.6. The number of aromatic nitrogens is 2. The molecule has 14 heavy (non-hydrogen) atoms. The van der Waals surface area contributed by atoms with E-state index in [1.165, 1.54) is 0 Å². The van der Waals surface area contributed by atoms with Gasteiger partial charge in [0.15, 0.2) is 0 Å². The van der Waals surface area contributed by atoms with Gasteiger partial charge in [0.1, 0.15) is 5.82 Å². The lowest BCUT2D eigenvalue weighted by Crippen LogP contribution is -2.20. The van der Waals surface area contributed by atoms with Gasteiger partial charge in [-0.3, -0.25) is 0 Å². The molecule has 3 heteroatoms. The molecule has 0 radical (unpaired) electrons. The molecule has 0 amide bonds. The van der Waals surface area contributed by atoms with Crippen molar-refractivity contribution in [3.8, 4) is 0 Å². The van der Waals surface area contributed by atoms with E-state index in [2.05, 4.69) is 30.7 Å². The summed E-state index contributed by atoms with van der Waals surface area (Å²) >= 11 is 0. The molecule has 1 heterocycles. The van der Waals surface area contributed by atoms with Crippen molar-refractivity contribution in [3.63, 3.8) is 0 Å². The van der Waals surface area contributed by atoms with Crippen LogP contribution in [0.25, 0.3) is 6.08 Å². The monoisotopic (exact) mass is 191 g/mol. The molecule has 0 spiro atoms. The van der Waals surface area contributed by atoms with Gasteiger partial charge >= 0.3 is 0 Å². The first-order valence-electron chi connectivity index (χ1n) is 4.83. The molecule has 0 atom stereocenters.